The SMILES string of the molecule is C=C(/C=C/C=C1/N(C)c2ccccc2C1(C)C)C(C)(C)C1=C(C)CCC=C1. The van der Waals surface area contributed by atoms with Crippen molar-refractivity contribution in [3.8, 4) is 0 Å². The normalized spacial score (nSPS) is 20.7. The highest BCUT2D eigenvalue weighted by atomic mass is 15.2. The van der Waals surface area contributed by atoms with Crippen molar-refractivity contribution in [3.63, 3.8) is 0 Å². The maximum atomic E-state index is 4.40. The third kappa shape index (κ3) is 3.36. The highest BCUT2D eigenvalue weighted by Gasteiger charge is 2.37. The second kappa shape index (κ2) is 7.03. The van der Waals surface area contributed by atoms with Crippen LogP contribution in [-0.4, -0.2) is 7.05 Å². The second-order valence-electron chi connectivity index (χ2n) is 8.90. The van der Waals surface area contributed by atoms with Crippen molar-refractivity contribution < 1.29 is 0 Å². The van der Waals surface area contributed by atoms with Crippen LogP contribution in [0.15, 0.2) is 83.6 Å². The molecule has 0 saturated heterocycles. The number of hydrogen-bond donors (Lipinski definition) is 0. The summed E-state index contributed by atoms with van der Waals surface area (Å²) in [6, 6.07) is 8.69. The number of nitrogens with zero attached hydrogens (tertiary/aromatic N) is 1. The van der Waals surface area contributed by atoms with Crippen LogP contribution in [0.3, 0.4) is 0 Å². The number of likely N-dealkylation sites (N-methyl/N-ethyl adjacent to an activating group) is 1. The van der Waals surface area contributed by atoms with Gasteiger partial charge in [0.15, 0.2) is 0 Å². The Morgan fingerprint density at radius 2 is 1.93 bits per heavy atom. The van der Waals surface area contributed by atoms with E-state index in [0.717, 1.165) is 18.4 Å². The molecule has 1 aromatic carbocycles. The van der Waals surface area contributed by atoms with Crippen LogP contribution in [-0.2, 0) is 5.41 Å². The molecule has 0 bridgehead atoms. The van der Waals surface area contributed by atoms with E-state index in [1.807, 2.05) is 0 Å². The number of anilines is 1. The summed E-state index contributed by atoms with van der Waals surface area (Å²) in [7, 11) is 2.16. The Morgan fingerprint density at radius 3 is 2.59 bits per heavy atom. The van der Waals surface area contributed by atoms with E-state index in [4.69, 9.17) is 0 Å². The lowest BCUT2D eigenvalue weighted by Crippen LogP contribution is -2.22. The zero-order chi connectivity index (χ0) is 19.8. The van der Waals surface area contributed by atoms with Crippen LogP contribution in [0.2, 0.25) is 0 Å². The molecule has 1 heterocycles. The molecule has 1 nitrogen and oxygen atoms in total. The van der Waals surface area contributed by atoms with Crippen molar-refractivity contribution in [2.75, 3.05) is 11.9 Å². The average Bonchev–Trinajstić information content (AvgIpc) is 2.82. The molecule has 1 aliphatic carbocycles. The summed E-state index contributed by atoms with van der Waals surface area (Å²) in [4.78, 5) is 2.31. The average molecular weight is 360 g/mol. The zero-order valence-corrected chi connectivity index (χ0v) is 17.8. The minimum Gasteiger partial charge on any atom is -0.347 e. The molecule has 0 unspecified atom stereocenters. The predicted molar refractivity (Wildman–Crippen MR) is 119 cm³/mol. The molecule has 1 aromatic rings. The number of hydrogen-bond acceptors (Lipinski definition) is 1. The smallest absolute Gasteiger partial charge is 0.0447 e. The third-order valence-electron chi connectivity index (χ3n) is 6.40. The molecule has 3 rings (SSSR count). The molecule has 142 valence electrons. The molecule has 0 amide bonds. The standard InChI is InChI=1S/C26H33N/c1-19-13-8-9-15-21(19)25(3,4)20(2)14-12-18-24-26(5,6)22-16-10-11-17-23(22)27(24)7/h9-12,14-18H,2,8,13H2,1,3-7H3/b14-12+,24-18+. The molecule has 2 aliphatic rings. The Labute approximate surface area is 165 Å². The van der Waals surface area contributed by atoms with E-state index >= 15 is 0 Å². The fourth-order valence-electron chi connectivity index (χ4n) is 4.46. The van der Waals surface area contributed by atoms with Gasteiger partial charge in [0, 0.05) is 29.3 Å². The fraction of sp³-hybridized carbons (Fsp3) is 0.385. The molecule has 1 heteroatoms. The molecule has 1 aliphatic heterocycles. The van der Waals surface area contributed by atoms with Gasteiger partial charge in [-0.05, 0) is 48.6 Å². The maximum absolute atomic E-state index is 4.40. The summed E-state index contributed by atoms with van der Waals surface area (Å²) in [5.41, 5.74) is 8.03. The summed E-state index contributed by atoms with van der Waals surface area (Å²) in [6.07, 6.45) is 13.5. The van der Waals surface area contributed by atoms with Gasteiger partial charge < -0.3 is 4.90 Å². The first-order valence-electron chi connectivity index (χ1n) is 9.95. The summed E-state index contributed by atoms with van der Waals surface area (Å²) in [6.45, 7) is 15.8. The Bertz CT molecular complexity index is 871. The summed E-state index contributed by atoms with van der Waals surface area (Å²) in [5.74, 6) is 0. The van der Waals surface area contributed by atoms with Gasteiger partial charge >= 0.3 is 0 Å². The van der Waals surface area contributed by atoms with Crippen LogP contribution >= 0.6 is 0 Å². The van der Waals surface area contributed by atoms with Gasteiger partial charge in [-0.15, -0.1) is 0 Å². The number of para-hydroxylation sites is 1. The van der Waals surface area contributed by atoms with Gasteiger partial charge in [0.05, 0.1) is 0 Å². The van der Waals surface area contributed by atoms with Gasteiger partial charge in [0.25, 0.3) is 0 Å². The highest BCUT2D eigenvalue weighted by molar-refractivity contribution is 5.70. The van der Waals surface area contributed by atoms with Crippen molar-refractivity contribution in [2.24, 2.45) is 5.41 Å². The second-order valence-corrected chi connectivity index (χ2v) is 8.90. The monoisotopic (exact) mass is 359 g/mol. The van der Waals surface area contributed by atoms with Crippen molar-refractivity contribution in [2.45, 2.75) is 52.9 Å². The van der Waals surface area contributed by atoms with Gasteiger partial charge in [-0.3, -0.25) is 0 Å². The first-order chi connectivity index (χ1) is 12.7. The van der Waals surface area contributed by atoms with Crippen LogP contribution in [0.4, 0.5) is 5.69 Å². The molecule has 0 saturated carbocycles. The molecule has 0 fully saturated rings. The molecular formula is C26H33N. The third-order valence-corrected chi connectivity index (χ3v) is 6.40. The Morgan fingerprint density at radius 1 is 1.22 bits per heavy atom. The van der Waals surface area contributed by atoms with Crippen LogP contribution in [0.25, 0.3) is 0 Å². The van der Waals surface area contributed by atoms with Gasteiger partial charge in [-0.2, -0.15) is 0 Å². The fourth-order valence-corrected chi connectivity index (χ4v) is 4.46. The van der Waals surface area contributed by atoms with E-state index in [1.165, 1.54) is 28.1 Å². The van der Waals surface area contributed by atoms with Crippen LogP contribution in [0.1, 0.15) is 53.0 Å². The highest BCUT2D eigenvalue weighted by Crippen LogP contribution is 2.46. The lowest BCUT2D eigenvalue weighted by atomic mass is 9.73. The number of fused-ring (bicyclic) bond motifs is 1. The van der Waals surface area contributed by atoms with Crippen LogP contribution in [0.5, 0.6) is 0 Å². The van der Waals surface area contributed by atoms with Crippen LogP contribution in [0, 0.1) is 5.41 Å². The molecule has 0 radical (unpaired) electrons. The lowest BCUT2D eigenvalue weighted by molar-refractivity contribution is 0.555. The summed E-state index contributed by atoms with van der Waals surface area (Å²) < 4.78 is 0. The number of benzene rings is 1. The first kappa shape index (κ1) is 19.5. The van der Waals surface area contributed by atoms with Gasteiger partial charge in [0.2, 0.25) is 0 Å². The Kier molecular flexibility index (Phi) is 5.08. The summed E-state index contributed by atoms with van der Waals surface area (Å²) in [5, 5.41) is 0. The van der Waals surface area contributed by atoms with E-state index in [0.29, 0.717) is 0 Å². The zero-order valence-electron chi connectivity index (χ0n) is 17.8. The van der Waals surface area contributed by atoms with Crippen molar-refractivity contribution in [1.82, 2.24) is 0 Å². The van der Waals surface area contributed by atoms with E-state index in [-0.39, 0.29) is 10.8 Å². The maximum Gasteiger partial charge on any atom is 0.0447 e. The van der Waals surface area contributed by atoms with Crippen LogP contribution < -0.4 is 4.90 Å². The molecule has 0 spiro atoms. The van der Waals surface area contributed by atoms with Crippen molar-refractivity contribution in [1.29, 1.82) is 0 Å². The van der Waals surface area contributed by atoms with Gasteiger partial charge in [-0.25, -0.2) is 0 Å². The Balaban J connectivity index is 1.85. The summed E-state index contributed by atoms with van der Waals surface area (Å²) >= 11 is 0. The van der Waals surface area contributed by atoms with Crippen molar-refractivity contribution in [3.05, 3.63) is 89.2 Å². The van der Waals surface area contributed by atoms with Crippen molar-refractivity contribution >= 4 is 5.69 Å². The topological polar surface area (TPSA) is 3.24 Å². The van der Waals surface area contributed by atoms with E-state index in [2.05, 4.69) is 108 Å². The molecule has 27 heavy (non-hydrogen) atoms. The Hall–Kier alpha value is -2.28. The number of rotatable bonds is 4. The lowest BCUT2D eigenvalue weighted by Gasteiger charge is -2.31. The quantitative estimate of drug-likeness (QED) is 0.518. The van der Waals surface area contributed by atoms with E-state index in [9.17, 15) is 0 Å². The predicted octanol–water partition coefficient (Wildman–Crippen LogP) is 7.10. The van der Waals surface area contributed by atoms with Gasteiger partial charge in [-0.1, -0.05) is 82.4 Å². The number of allylic oxidation sites excluding steroid dienone is 9. The molecule has 0 N–H and O–H groups in total. The first-order valence-corrected chi connectivity index (χ1v) is 9.95. The van der Waals surface area contributed by atoms with Gasteiger partial charge in [0.1, 0.15) is 0 Å². The van der Waals surface area contributed by atoms with E-state index < -0.39 is 0 Å². The minimum atomic E-state index is -0.0456. The minimum absolute atomic E-state index is 0.0117. The molecular weight excluding hydrogens is 326 g/mol. The largest absolute Gasteiger partial charge is 0.347 e. The van der Waals surface area contributed by atoms with E-state index in [1.54, 1.807) is 0 Å². The molecule has 0 atom stereocenters. The molecule has 0 aromatic heterocycles.